The van der Waals surface area contributed by atoms with Crippen LogP contribution in [0.4, 0.5) is 0 Å². The van der Waals surface area contributed by atoms with Crippen molar-refractivity contribution < 1.29 is 19.0 Å². The van der Waals surface area contributed by atoms with Crippen molar-refractivity contribution in [3.05, 3.63) is 23.3 Å². The molecule has 0 saturated carbocycles. The third-order valence-corrected chi connectivity index (χ3v) is 4.27. The highest BCUT2D eigenvalue weighted by atomic mass is 16.5. The van der Waals surface area contributed by atoms with E-state index >= 15 is 0 Å². The minimum absolute atomic E-state index is 0.000154. The van der Waals surface area contributed by atoms with Crippen LogP contribution in [0.25, 0.3) is 0 Å². The van der Waals surface area contributed by atoms with Gasteiger partial charge < -0.3 is 24.8 Å². The average Bonchev–Trinajstić information content (AvgIpc) is 3.04. The molecule has 1 aromatic carbocycles. The number of rotatable bonds is 6. The maximum atomic E-state index is 12.5. The fourth-order valence-corrected chi connectivity index (χ4v) is 2.83. The lowest BCUT2D eigenvalue weighted by Gasteiger charge is -2.23. The zero-order valence-corrected chi connectivity index (χ0v) is 14.3. The first-order valence-corrected chi connectivity index (χ1v) is 7.82. The molecule has 0 spiro atoms. The Kier molecular flexibility index (Phi) is 5.85. The second-order valence-corrected chi connectivity index (χ2v) is 5.89. The van der Waals surface area contributed by atoms with Gasteiger partial charge in [0.15, 0.2) is 11.5 Å². The monoisotopic (exact) mass is 322 g/mol. The summed E-state index contributed by atoms with van der Waals surface area (Å²) in [5.74, 6) is 1.34. The zero-order valence-electron chi connectivity index (χ0n) is 14.3. The van der Waals surface area contributed by atoms with Gasteiger partial charge in [-0.15, -0.1) is 0 Å². The highest BCUT2D eigenvalue weighted by molar-refractivity contribution is 5.81. The molecule has 6 heteroatoms. The first-order valence-electron chi connectivity index (χ1n) is 7.82. The Bertz CT molecular complexity index is 562. The standard InChI is InChI=1S/C17H26N2O4/c1-11-7-15(21-3)16(22-4)8-12(11)10-19(2)17(20)14-6-5-13(9-18)23-14/h7-8,13-14H,5-6,9-10,18H2,1-4H3/t13-,14+/m1/s1. The van der Waals surface area contributed by atoms with E-state index in [0.29, 0.717) is 24.6 Å². The summed E-state index contributed by atoms with van der Waals surface area (Å²) >= 11 is 0. The Morgan fingerprint density at radius 2 is 1.96 bits per heavy atom. The van der Waals surface area contributed by atoms with Gasteiger partial charge in [0.05, 0.1) is 20.3 Å². The Labute approximate surface area is 137 Å². The molecule has 2 rings (SSSR count). The quantitative estimate of drug-likeness (QED) is 0.858. The Morgan fingerprint density at radius 1 is 1.30 bits per heavy atom. The lowest BCUT2D eigenvalue weighted by molar-refractivity contribution is -0.141. The van der Waals surface area contributed by atoms with Gasteiger partial charge in [0.2, 0.25) is 0 Å². The first-order chi connectivity index (χ1) is 11.0. The van der Waals surface area contributed by atoms with E-state index in [1.807, 2.05) is 19.1 Å². The molecule has 0 aliphatic carbocycles. The normalized spacial score (nSPS) is 20.4. The number of carbonyl (C=O) groups is 1. The maximum Gasteiger partial charge on any atom is 0.251 e. The van der Waals surface area contributed by atoms with E-state index in [1.54, 1.807) is 26.2 Å². The van der Waals surface area contributed by atoms with Crippen molar-refractivity contribution in [2.45, 2.75) is 38.5 Å². The molecule has 0 aromatic heterocycles. The maximum absolute atomic E-state index is 12.5. The van der Waals surface area contributed by atoms with Gasteiger partial charge in [-0.2, -0.15) is 0 Å². The molecule has 1 heterocycles. The first kappa shape index (κ1) is 17.6. The zero-order chi connectivity index (χ0) is 17.0. The summed E-state index contributed by atoms with van der Waals surface area (Å²) in [6.45, 7) is 2.95. The van der Waals surface area contributed by atoms with Gasteiger partial charge in [0.1, 0.15) is 6.10 Å². The number of methoxy groups -OCH3 is 2. The lowest BCUT2D eigenvalue weighted by atomic mass is 10.1. The Hall–Kier alpha value is -1.79. The summed E-state index contributed by atoms with van der Waals surface area (Å²) in [7, 11) is 5.00. The van der Waals surface area contributed by atoms with Crippen molar-refractivity contribution in [3.63, 3.8) is 0 Å². The van der Waals surface area contributed by atoms with E-state index in [-0.39, 0.29) is 18.1 Å². The molecule has 1 amide bonds. The van der Waals surface area contributed by atoms with Gasteiger partial charge in [-0.1, -0.05) is 0 Å². The topological polar surface area (TPSA) is 74.0 Å². The van der Waals surface area contributed by atoms with Crippen LogP contribution in [0.1, 0.15) is 24.0 Å². The van der Waals surface area contributed by atoms with Crippen LogP contribution in [0.2, 0.25) is 0 Å². The number of hydrogen-bond donors (Lipinski definition) is 1. The van der Waals surface area contributed by atoms with Crippen LogP contribution in [0.3, 0.4) is 0 Å². The molecule has 0 unspecified atom stereocenters. The molecule has 1 fully saturated rings. The van der Waals surface area contributed by atoms with E-state index in [9.17, 15) is 4.79 Å². The largest absolute Gasteiger partial charge is 0.493 e. The van der Waals surface area contributed by atoms with E-state index < -0.39 is 0 Å². The van der Waals surface area contributed by atoms with Gasteiger partial charge in [-0.3, -0.25) is 4.79 Å². The molecule has 0 bridgehead atoms. The average molecular weight is 322 g/mol. The van der Waals surface area contributed by atoms with Gasteiger partial charge in [-0.05, 0) is 43.0 Å². The second kappa shape index (κ2) is 7.66. The highest BCUT2D eigenvalue weighted by Crippen LogP contribution is 2.31. The van der Waals surface area contributed by atoms with Crippen LogP contribution in [-0.4, -0.2) is 50.8 Å². The summed E-state index contributed by atoms with van der Waals surface area (Å²) in [6.07, 6.45) is 1.20. The fourth-order valence-electron chi connectivity index (χ4n) is 2.83. The van der Waals surface area contributed by atoms with Crippen LogP contribution in [-0.2, 0) is 16.1 Å². The number of amides is 1. The van der Waals surface area contributed by atoms with Gasteiger partial charge in [-0.25, -0.2) is 0 Å². The van der Waals surface area contributed by atoms with Crippen LogP contribution >= 0.6 is 0 Å². The van der Waals surface area contributed by atoms with Crippen molar-refractivity contribution in [3.8, 4) is 11.5 Å². The van der Waals surface area contributed by atoms with Crippen molar-refractivity contribution in [2.24, 2.45) is 5.73 Å². The highest BCUT2D eigenvalue weighted by Gasteiger charge is 2.31. The molecule has 2 atom stereocenters. The fraction of sp³-hybridized carbons (Fsp3) is 0.588. The van der Waals surface area contributed by atoms with Crippen molar-refractivity contribution >= 4 is 5.91 Å². The summed E-state index contributed by atoms with van der Waals surface area (Å²) in [5, 5.41) is 0. The van der Waals surface area contributed by atoms with Gasteiger partial charge in [0, 0.05) is 20.1 Å². The van der Waals surface area contributed by atoms with E-state index in [4.69, 9.17) is 19.9 Å². The second-order valence-electron chi connectivity index (χ2n) is 5.89. The molecule has 6 nitrogen and oxygen atoms in total. The number of likely N-dealkylation sites (N-methyl/N-ethyl adjacent to an activating group) is 1. The van der Waals surface area contributed by atoms with Crippen molar-refractivity contribution in [1.82, 2.24) is 4.90 Å². The lowest BCUT2D eigenvalue weighted by Crippen LogP contribution is -2.36. The van der Waals surface area contributed by atoms with Gasteiger partial charge in [0.25, 0.3) is 5.91 Å². The number of benzene rings is 1. The molecule has 1 aromatic rings. The third-order valence-electron chi connectivity index (χ3n) is 4.27. The molecule has 0 radical (unpaired) electrons. The molecule has 128 valence electrons. The van der Waals surface area contributed by atoms with Gasteiger partial charge >= 0.3 is 0 Å². The molecule has 1 aliphatic rings. The van der Waals surface area contributed by atoms with Crippen LogP contribution < -0.4 is 15.2 Å². The minimum atomic E-state index is -0.381. The number of nitrogens with zero attached hydrogens (tertiary/aromatic N) is 1. The molecule has 2 N–H and O–H groups in total. The predicted molar refractivity (Wildman–Crippen MR) is 87.7 cm³/mol. The summed E-state index contributed by atoms with van der Waals surface area (Å²) in [4.78, 5) is 14.2. The smallest absolute Gasteiger partial charge is 0.251 e. The molecule has 1 saturated heterocycles. The third kappa shape index (κ3) is 3.95. The summed E-state index contributed by atoms with van der Waals surface area (Å²) in [6, 6.07) is 3.83. The molecule has 1 aliphatic heterocycles. The number of hydrogen-bond acceptors (Lipinski definition) is 5. The van der Waals surface area contributed by atoms with Crippen LogP contribution in [0, 0.1) is 6.92 Å². The van der Waals surface area contributed by atoms with Crippen molar-refractivity contribution in [1.29, 1.82) is 0 Å². The Morgan fingerprint density at radius 3 is 2.52 bits per heavy atom. The van der Waals surface area contributed by atoms with Crippen LogP contribution in [0.15, 0.2) is 12.1 Å². The molecule has 23 heavy (non-hydrogen) atoms. The van der Waals surface area contributed by atoms with E-state index in [1.165, 1.54) is 0 Å². The number of aryl methyl sites for hydroxylation is 1. The van der Waals surface area contributed by atoms with Crippen LogP contribution in [0.5, 0.6) is 11.5 Å². The van der Waals surface area contributed by atoms with E-state index in [0.717, 1.165) is 24.0 Å². The van der Waals surface area contributed by atoms with E-state index in [2.05, 4.69) is 0 Å². The number of nitrogens with two attached hydrogens (primary N) is 1. The van der Waals surface area contributed by atoms with Crippen molar-refractivity contribution in [2.75, 3.05) is 27.8 Å². The summed E-state index contributed by atoms with van der Waals surface area (Å²) in [5.41, 5.74) is 7.67. The number of carbonyl (C=O) groups excluding carboxylic acids is 1. The molecular weight excluding hydrogens is 296 g/mol. The number of ether oxygens (including phenoxy) is 3. The minimum Gasteiger partial charge on any atom is -0.493 e. The summed E-state index contributed by atoms with van der Waals surface area (Å²) < 4.78 is 16.3. The predicted octanol–water partition coefficient (Wildman–Crippen LogP) is 1.48. The SMILES string of the molecule is COc1cc(C)c(CN(C)C(=O)[C@@H]2CC[C@H](CN)O2)cc1OC. The Balaban J connectivity index is 2.08. The molecular formula is C17H26N2O4.